The summed E-state index contributed by atoms with van der Waals surface area (Å²) in [6.07, 6.45) is 0. The van der Waals surface area contributed by atoms with E-state index in [1.54, 1.807) is 0 Å². The predicted octanol–water partition coefficient (Wildman–Crippen LogP) is 14.0. The zero-order chi connectivity index (χ0) is 33.7. The van der Waals surface area contributed by atoms with E-state index in [1.165, 1.54) is 64.2 Å². The van der Waals surface area contributed by atoms with Crippen molar-refractivity contribution in [1.29, 1.82) is 0 Å². The number of para-hydroxylation sites is 3. The first kappa shape index (κ1) is 29.5. The van der Waals surface area contributed by atoms with Crippen LogP contribution in [0.2, 0.25) is 0 Å². The summed E-state index contributed by atoms with van der Waals surface area (Å²) in [7, 11) is 0. The van der Waals surface area contributed by atoms with Gasteiger partial charge in [0.25, 0.3) is 0 Å². The van der Waals surface area contributed by atoms with E-state index in [4.69, 9.17) is 0 Å². The molecule has 2 aromatic heterocycles. The van der Waals surface area contributed by atoms with Crippen LogP contribution in [0.15, 0.2) is 194 Å². The molecule has 0 saturated heterocycles. The second kappa shape index (κ2) is 12.2. The molecule has 0 N–H and O–H groups in total. The molecule has 2 nitrogen and oxygen atoms in total. The van der Waals surface area contributed by atoms with Crippen molar-refractivity contribution in [2.75, 3.05) is 4.90 Å². The minimum atomic E-state index is 1.12. The molecule has 0 amide bonds. The molecule has 0 bridgehead atoms. The molecule has 10 rings (SSSR count). The molecule has 51 heavy (non-hydrogen) atoms. The third kappa shape index (κ3) is 5.01. The Bertz CT molecular complexity index is 2830. The van der Waals surface area contributed by atoms with Crippen LogP contribution in [0.4, 0.5) is 17.1 Å². The van der Waals surface area contributed by atoms with E-state index < -0.39 is 0 Å². The minimum Gasteiger partial charge on any atom is -0.310 e. The molecule has 0 fully saturated rings. The Morgan fingerprint density at radius 1 is 0.353 bits per heavy atom. The Kier molecular flexibility index (Phi) is 7.04. The Labute approximate surface area is 300 Å². The summed E-state index contributed by atoms with van der Waals surface area (Å²) in [4.78, 5) is 2.37. The Morgan fingerprint density at radius 2 is 0.922 bits per heavy atom. The van der Waals surface area contributed by atoms with Gasteiger partial charge in [-0.05, 0) is 101 Å². The van der Waals surface area contributed by atoms with E-state index in [1.807, 2.05) is 11.3 Å². The summed E-state index contributed by atoms with van der Waals surface area (Å²) in [5.74, 6) is 0. The van der Waals surface area contributed by atoms with Crippen molar-refractivity contribution in [2.24, 2.45) is 0 Å². The number of benzene rings is 8. The third-order valence-electron chi connectivity index (χ3n) is 9.98. The van der Waals surface area contributed by atoms with Crippen LogP contribution < -0.4 is 4.90 Å². The second-order valence-electron chi connectivity index (χ2n) is 13.0. The SMILES string of the molecule is c1ccc(-c2cc3c(cc2-c2ccc(N(c4ccccc4)c4ccc5sc6ccccc6c5c4)cc2)c2ccccc2n3-c2ccccc2)cc1. The number of hydrogen-bond acceptors (Lipinski definition) is 2. The van der Waals surface area contributed by atoms with Gasteiger partial charge in [0, 0.05) is 53.7 Å². The molecule has 3 heteroatoms. The Morgan fingerprint density at radius 3 is 1.71 bits per heavy atom. The quantitative estimate of drug-likeness (QED) is 0.171. The van der Waals surface area contributed by atoms with Gasteiger partial charge in [0.15, 0.2) is 0 Å². The normalized spacial score (nSPS) is 11.5. The fraction of sp³-hybridized carbons (Fsp3) is 0. The highest BCUT2D eigenvalue weighted by atomic mass is 32.1. The topological polar surface area (TPSA) is 8.17 Å². The van der Waals surface area contributed by atoms with E-state index in [0.29, 0.717) is 0 Å². The number of anilines is 3. The number of hydrogen-bond donors (Lipinski definition) is 0. The van der Waals surface area contributed by atoms with E-state index in [9.17, 15) is 0 Å². The van der Waals surface area contributed by atoms with Crippen molar-refractivity contribution in [3.63, 3.8) is 0 Å². The maximum absolute atomic E-state index is 2.40. The van der Waals surface area contributed by atoms with Crippen molar-refractivity contribution >= 4 is 70.4 Å². The van der Waals surface area contributed by atoms with Crippen molar-refractivity contribution in [2.45, 2.75) is 0 Å². The first-order valence-electron chi connectivity index (χ1n) is 17.4. The van der Waals surface area contributed by atoms with Gasteiger partial charge in [-0.3, -0.25) is 0 Å². The molecular formula is C48H32N2S. The number of nitrogens with zero attached hydrogens (tertiary/aromatic N) is 2. The van der Waals surface area contributed by atoms with Crippen LogP contribution in [0.5, 0.6) is 0 Å². The molecular weight excluding hydrogens is 637 g/mol. The van der Waals surface area contributed by atoms with Crippen LogP contribution in [0, 0.1) is 0 Å². The van der Waals surface area contributed by atoms with Gasteiger partial charge in [0.1, 0.15) is 0 Å². The predicted molar refractivity (Wildman–Crippen MR) is 219 cm³/mol. The lowest BCUT2D eigenvalue weighted by Crippen LogP contribution is -2.09. The number of aromatic nitrogens is 1. The smallest absolute Gasteiger partial charge is 0.0547 e. The molecule has 0 aliphatic carbocycles. The number of rotatable bonds is 6. The summed E-state index contributed by atoms with van der Waals surface area (Å²) in [6, 6.07) is 70.4. The second-order valence-corrected chi connectivity index (χ2v) is 14.0. The summed E-state index contributed by atoms with van der Waals surface area (Å²) in [5.41, 5.74) is 11.8. The van der Waals surface area contributed by atoms with Crippen LogP contribution in [0.3, 0.4) is 0 Å². The lowest BCUT2D eigenvalue weighted by molar-refractivity contribution is 1.18. The average Bonchev–Trinajstić information content (AvgIpc) is 3.74. The fourth-order valence-corrected chi connectivity index (χ4v) is 8.72. The zero-order valence-corrected chi connectivity index (χ0v) is 28.6. The van der Waals surface area contributed by atoms with Crippen LogP contribution in [0.1, 0.15) is 0 Å². The van der Waals surface area contributed by atoms with E-state index in [2.05, 4.69) is 204 Å². The monoisotopic (exact) mass is 668 g/mol. The standard InChI is InChI=1S/C48H32N2S/c1-4-14-33(15-5-1)42-32-46-43(39-20-10-12-22-45(39)50(46)36-18-8-3-9-19-36)31-41(42)34-24-26-37(27-25-34)49(35-16-6-2-7-17-35)38-28-29-48-44(30-38)40-21-11-13-23-47(40)51-48/h1-32H. The minimum absolute atomic E-state index is 1.12. The maximum Gasteiger partial charge on any atom is 0.0547 e. The van der Waals surface area contributed by atoms with E-state index in [-0.39, 0.29) is 0 Å². The summed E-state index contributed by atoms with van der Waals surface area (Å²) in [6.45, 7) is 0. The molecule has 8 aromatic carbocycles. The molecule has 240 valence electrons. The Balaban J connectivity index is 1.15. The fourth-order valence-electron chi connectivity index (χ4n) is 7.63. The van der Waals surface area contributed by atoms with Crippen molar-refractivity contribution in [3.05, 3.63) is 194 Å². The molecule has 0 spiro atoms. The van der Waals surface area contributed by atoms with Gasteiger partial charge < -0.3 is 9.47 Å². The van der Waals surface area contributed by atoms with Gasteiger partial charge >= 0.3 is 0 Å². The van der Waals surface area contributed by atoms with Gasteiger partial charge in [0.05, 0.1) is 11.0 Å². The lowest BCUT2D eigenvalue weighted by Gasteiger charge is -2.26. The van der Waals surface area contributed by atoms with E-state index >= 15 is 0 Å². The molecule has 0 unspecified atom stereocenters. The average molecular weight is 669 g/mol. The molecule has 0 aliphatic heterocycles. The third-order valence-corrected chi connectivity index (χ3v) is 11.1. The van der Waals surface area contributed by atoms with Gasteiger partial charge in [-0.2, -0.15) is 0 Å². The van der Waals surface area contributed by atoms with Gasteiger partial charge in [0.2, 0.25) is 0 Å². The molecule has 0 radical (unpaired) electrons. The van der Waals surface area contributed by atoms with Crippen molar-refractivity contribution in [1.82, 2.24) is 4.57 Å². The number of thiophene rings is 1. The maximum atomic E-state index is 2.40. The largest absolute Gasteiger partial charge is 0.310 e. The zero-order valence-electron chi connectivity index (χ0n) is 27.8. The van der Waals surface area contributed by atoms with Crippen LogP contribution in [-0.2, 0) is 0 Å². The highest BCUT2D eigenvalue weighted by Gasteiger charge is 2.19. The van der Waals surface area contributed by atoms with Crippen LogP contribution >= 0.6 is 11.3 Å². The van der Waals surface area contributed by atoms with Crippen LogP contribution in [0.25, 0.3) is 69.9 Å². The molecule has 0 atom stereocenters. The summed E-state index contributed by atoms with van der Waals surface area (Å²) < 4.78 is 5.02. The van der Waals surface area contributed by atoms with E-state index in [0.717, 1.165) is 22.7 Å². The highest BCUT2D eigenvalue weighted by Crippen LogP contribution is 2.43. The molecule has 0 aliphatic rings. The molecule has 0 saturated carbocycles. The van der Waals surface area contributed by atoms with Crippen molar-refractivity contribution < 1.29 is 0 Å². The first-order chi connectivity index (χ1) is 25.3. The number of fused-ring (bicyclic) bond motifs is 6. The first-order valence-corrected chi connectivity index (χ1v) is 18.2. The van der Waals surface area contributed by atoms with Gasteiger partial charge in [-0.15, -0.1) is 11.3 Å². The summed E-state index contributed by atoms with van der Waals surface area (Å²) >= 11 is 1.85. The van der Waals surface area contributed by atoms with Gasteiger partial charge in [-0.1, -0.05) is 115 Å². The lowest BCUT2D eigenvalue weighted by atomic mass is 9.92. The molecule has 2 heterocycles. The van der Waals surface area contributed by atoms with Crippen molar-refractivity contribution in [3.8, 4) is 27.9 Å². The summed E-state index contributed by atoms with van der Waals surface area (Å²) in [5, 5.41) is 5.09. The Hall–Kier alpha value is -6.42. The highest BCUT2D eigenvalue weighted by molar-refractivity contribution is 7.25. The van der Waals surface area contributed by atoms with Crippen LogP contribution in [-0.4, -0.2) is 4.57 Å². The van der Waals surface area contributed by atoms with Gasteiger partial charge in [-0.25, -0.2) is 0 Å². The molecule has 10 aromatic rings.